The van der Waals surface area contributed by atoms with Gasteiger partial charge in [0.25, 0.3) is 0 Å². The van der Waals surface area contributed by atoms with Gasteiger partial charge in [0.15, 0.2) is 0 Å². The summed E-state index contributed by atoms with van der Waals surface area (Å²) >= 11 is 0. The van der Waals surface area contributed by atoms with Crippen LogP contribution >= 0.6 is 0 Å². The fraction of sp³-hybridized carbons (Fsp3) is 0.231. The summed E-state index contributed by atoms with van der Waals surface area (Å²) in [6, 6.07) is 7.25. The molecule has 1 aromatic carbocycles. The van der Waals surface area contributed by atoms with Gasteiger partial charge in [-0.15, -0.1) is 0 Å². The van der Waals surface area contributed by atoms with Gasteiger partial charge in [-0.05, 0) is 25.5 Å². The van der Waals surface area contributed by atoms with Crippen molar-refractivity contribution < 1.29 is 4.79 Å². The lowest BCUT2D eigenvalue weighted by molar-refractivity contribution is 0.0999. The number of nitrogen functional groups attached to an aromatic ring is 1. The van der Waals surface area contributed by atoms with Crippen LogP contribution in [-0.4, -0.2) is 15.7 Å². The summed E-state index contributed by atoms with van der Waals surface area (Å²) in [7, 11) is 0. The number of hydrogen-bond acceptors (Lipinski definition) is 3. The van der Waals surface area contributed by atoms with Crippen molar-refractivity contribution in [3.05, 3.63) is 46.8 Å². The Morgan fingerprint density at radius 2 is 2.00 bits per heavy atom. The molecule has 2 aromatic rings. The van der Waals surface area contributed by atoms with Crippen LogP contribution in [0.5, 0.6) is 0 Å². The van der Waals surface area contributed by atoms with E-state index < -0.39 is 5.91 Å². The van der Waals surface area contributed by atoms with Gasteiger partial charge in [-0.1, -0.05) is 18.2 Å². The maximum Gasteiger partial charge on any atom is 0.249 e. The van der Waals surface area contributed by atoms with Crippen molar-refractivity contribution in [2.75, 3.05) is 5.73 Å². The average molecular weight is 244 g/mol. The van der Waals surface area contributed by atoms with Gasteiger partial charge in [0.05, 0.1) is 23.6 Å². The third kappa shape index (κ3) is 2.07. The summed E-state index contributed by atoms with van der Waals surface area (Å²) in [4.78, 5) is 11.3. The number of hydrogen-bond donors (Lipinski definition) is 2. The second kappa shape index (κ2) is 4.52. The Bertz CT molecular complexity index is 601. The molecule has 0 radical (unpaired) electrons. The van der Waals surface area contributed by atoms with Gasteiger partial charge in [-0.3, -0.25) is 9.48 Å². The van der Waals surface area contributed by atoms with Crippen molar-refractivity contribution in [3.8, 4) is 0 Å². The van der Waals surface area contributed by atoms with Crippen LogP contribution in [0.3, 0.4) is 0 Å². The van der Waals surface area contributed by atoms with E-state index >= 15 is 0 Å². The maximum absolute atomic E-state index is 11.3. The molecule has 0 aliphatic carbocycles. The molecular weight excluding hydrogens is 228 g/mol. The van der Waals surface area contributed by atoms with E-state index in [1.807, 2.05) is 26.0 Å². The first-order valence-electron chi connectivity index (χ1n) is 5.68. The predicted molar refractivity (Wildman–Crippen MR) is 70.2 cm³/mol. The van der Waals surface area contributed by atoms with Gasteiger partial charge >= 0.3 is 0 Å². The molecule has 0 spiro atoms. The number of nitrogens with two attached hydrogens (primary N) is 2. The van der Waals surface area contributed by atoms with Gasteiger partial charge < -0.3 is 11.5 Å². The molecule has 5 heteroatoms. The Labute approximate surface area is 105 Å². The van der Waals surface area contributed by atoms with Gasteiger partial charge in [-0.2, -0.15) is 5.10 Å². The van der Waals surface area contributed by atoms with E-state index in [2.05, 4.69) is 5.10 Å². The van der Waals surface area contributed by atoms with Crippen LogP contribution in [0.2, 0.25) is 0 Å². The van der Waals surface area contributed by atoms with Gasteiger partial charge in [0.2, 0.25) is 5.91 Å². The van der Waals surface area contributed by atoms with Crippen molar-refractivity contribution >= 4 is 11.6 Å². The molecule has 0 aliphatic heterocycles. The summed E-state index contributed by atoms with van der Waals surface area (Å²) in [6.45, 7) is 4.25. The molecule has 0 saturated heterocycles. The van der Waals surface area contributed by atoms with Crippen molar-refractivity contribution in [1.82, 2.24) is 9.78 Å². The number of rotatable bonds is 3. The number of anilines is 1. The van der Waals surface area contributed by atoms with Crippen LogP contribution in [0.4, 0.5) is 5.69 Å². The number of nitrogens with zero attached hydrogens (tertiary/aromatic N) is 2. The number of primary amides is 1. The van der Waals surface area contributed by atoms with E-state index in [4.69, 9.17) is 11.5 Å². The maximum atomic E-state index is 11.3. The van der Waals surface area contributed by atoms with Crippen LogP contribution in [0, 0.1) is 13.8 Å². The SMILES string of the molecule is Cc1nn(Cc2ccccc2C(N)=O)c(C)c1N. The minimum Gasteiger partial charge on any atom is -0.396 e. The first-order valence-corrected chi connectivity index (χ1v) is 5.68. The molecule has 1 aromatic heterocycles. The quantitative estimate of drug-likeness (QED) is 0.851. The van der Waals surface area contributed by atoms with Crippen LogP contribution in [0.15, 0.2) is 24.3 Å². The zero-order valence-electron chi connectivity index (χ0n) is 10.5. The molecule has 5 nitrogen and oxygen atoms in total. The van der Waals surface area contributed by atoms with Crippen LogP contribution in [-0.2, 0) is 6.54 Å². The summed E-state index contributed by atoms with van der Waals surface area (Å²) in [5.74, 6) is -0.430. The Hall–Kier alpha value is -2.30. The van der Waals surface area contributed by atoms with Crippen LogP contribution in [0.1, 0.15) is 27.3 Å². The second-order valence-corrected chi connectivity index (χ2v) is 4.26. The number of benzene rings is 1. The second-order valence-electron chi connectivity index (χ2n) is 4.26. The Morgan fingerprint density at radius 1 is 1.33 bits per heavy atom. The van der Waals surface area contributed by atoms with Gasteiger partial charge in [0.1, 0.15) is 0 Å². The third-order valence-electron chi connectivity index (χ3n) is 3.04. The van der Waals surface area contributed by atoms with Crippen LogP contribution < -0.4 is 11.5 Å². The van der Waals surface area contributed by atoms with E-state index in [-0.39, 0.29) is 0 Å². The molecule has 4 N–H and O–H groups in total. The smallest absolute Gasteiger partial charge is 0.249 e. The molecule has 2 rings (SSSR count). The van der Waals surface area contributed by atoms with Crippen LogP contribution in [0.25, 0.3) is 0 Å². The highest BCUT2D eigenvalue weighted by Gasteiger charge is 2.12. The molecule has 0 atom stereocenters. The lowest BCUT2D eigenvalue weighted by atomic mass is 10.1. The summed E-state index contributed by atoms with van der Waals surface area (Å²) in [6.07, 6.45) is 0. The average Bonchev–Trinajstić information content (AvgIpc) is 2.57. The van der Waals surface area contributed by atoms with Gasteiger partial charge in [0, 0.05) is 5.56 Å². The molecule has 0 aliphatic rings. The lowest BCUT2D eigenvalue weighted by Gasteiger charge is -2.08. The Kier molecular flexibility index (Phi) is 3.06. The molecule has 1 heterocycles. The fourth-order valence-electron chi connectivity index (χ4n) is 1.92. The van der Waals surface area contributed by atoms with Gasteiger partial charge in [-0.25, -0.2) is 0 Å². The highest BCUT2D eigenvalue weighted by atomic mass is 16.1. The van der Waals surface area contributed by atoms with Crippen molar-refractivity contribution in [2.45, 2.75) is 20.4 Å². The van der Waals surface area contributed by atoms with E-state index in [9.17, 15) is 4.79 Å². The van der Waals surface area contributed by atoms with E-state index in [1.54, 1.807) is 16.8 Å². The number of aryl methyl sites for hydroxylation is 1. The monoisotopic (exact) mass is 244 g/mol. The molecule has 0 bridgehead atoms. The number of amides is 1. The van der Waals surface area contributed by atoms with E-state index in [0.29, 0.717) is 17.8 Å². The normalized spacial score (nSPS) is 10.6. The molecule has 1 amide bonds. The molecule has 0 fully saturated rings. The first kappa shape index (κ1) is 12.2. The predicted octanol–water partition coefficient (Wildman–Crippen LogP) is 1.23. The molecule has 18 heavy (non-hydrogen) atoms. The summed E-state index contributed by atoms with van der Waals surface area (Å²) in [5, 5.41) is 4.35. The molecule has 94 valence electrons. The highest BCUT2D eigenvalue weighted by Crippen LogP contribution is 2.17. The first-order chi connectivity index (χ1) is 8.50. The zero-order chi connectivity index (χ0) is 13.3. The minimum absolute atomic E-state index is 0.430. The Morgan fingerprint density at radius 3 is 2.56 bits per heavy atom. The summed E-state index contributed by atoms with van der Waals surface area (Å²) in [5.41, 5.74) is 15.0. The van der Waals surface area contributed by atoms with Crippen molar-refractivity contribution in [3.63, 3.8) is 0 Å². The highest BCUT2D eigenvalue weighted by molar-refractivity contribution is 5.94. The van der Waals surface area contributed by atoms with E-state index in [1.165, 1.54) is 0 Å². The van der Waals surface area contributed by atoms with Crippen molar-refractivity contribution in [1.29, 1.82) is 0 Å². The van der Waals surface area contributed by atoms with E-state index in [0.717, 1.165) is 17.0 Å². The molecular formula is C13H16N4O. The Balaban J connectivity index is 2.40. The fourth-order valence-corrected chi connectivity index (χ4v) is 1.92. The largest absolute Gasteiger partial charge is 0.396 e. The number of carbonyl (C=O) groups excluding carboxylic acids is 1. The zero-order valence-corrected chi connectivity index (χ0v) is 10.5. The topological polar surface area (TPSA) is 86.9 Å². The third-order valence-corrected chi connectivity index (χ3v) is 3.04. The summed E-state index contributed by atoms with van der Waals surface area (Å²) < 4.78 is 1.78. The number of carbonyl (C=O) groups is 1. The van der Waals surface area contributed by atoms with Crippen molar-refractivity contribution in [2.24, 2.45) is 5.73 Å². The minimum atomic E-state index is -0.430. The molecule has 0 unspecified atom stereocenters. The number of aromatic nitrogens is 2. The molecule has 0 saturated carbocycles. The lowest BCUT2D eigenvalue weighted by Crippen LogP contribution is -2.16. The standard InChI is InChI=1S/C13H16N4O/c1-8-12(14)9(2)17(16-8)7-10-5-3-4-6-11(10)13(15)18/h3-6H,7,14H2,1-2H3,(H2,15,18).